The number of hydrogen-bond acceptors (Lipinski definition) is 2. The molecule has 1 aromatic carbocycles. The third-order valence-corrected chi connectivity index (χ3v) is 4.15. The first-order valence-corrected chi connectivity index (χ1v) is 7.49. The summed E-state index contributed by atoms with van der Waals surface area (Å²) in [6.07, 6.45) is -4.80. The van der Waals surface area contributed by atoms with E-state index in [0.29, 0.717) is 13.2 Å². The van der Waals surface area contributed by atoms with Crippen molar-refractivity contribution in [2.24, 2.45) is 0 Å². The number of nitrogens with zero attached hydrogens (tertiary/aromatic N) is 1. The molecule has 1 amide bonds. The van der Waals surface area contributed by atoms with Gasteiger partial charge >= 0.3 is 6.18 Å². The molecule has 0 radical (unpaired) electrons. The zero-order valence-electron chi connectivity index (χ0n) is 10.8. The highest BCUT2D eigenvalue weighted by molar-refractivity contribution is 9.10. The predicted octanol–water partition coefficient (Wildman–Crippen LogP) is 3.55. The molecule has 1 heterocycles. The fourth-order valence-electron chi connectivity index (χ4n) is 2.06. The van der Waals surface area contributed by atoms with Crippen LogP contribution in [0.25, 0.3) is 0 Å². The molecule has 2 rings (SSSR count). The highest BCUT2D eigenvalue weighted by Crippen LogP contribution is 2.35. The normalized spacial score (nSPS) is 19.7. The number of hydrogen-bond donors (Lipinski definition) is 0. The van der Waals surface area contributed by atoms with Gasteiger partial charge in [-0.05, 0) is 18.2 Å². The van der Waals surface area contributed by atoms with Crippen molar-refractivity contribution in [1.82, 2.24) is 4.90 Å². The highest BCUT2D eigenvalue weighted by atomic mass is 79.9. The fourth-order valence-corrected chi connectivity index (χ4v) is 2.71. The van der Waals surface area contributed by atoms with Gasteiger partial charge in [0.2, 0.25) is 0 Å². The van der Waals surface area contributed by atoms with Crippen LogP contribution in [-0.2, 0) is 10.9 Å². The molecule has 0 bridgehead atoms. The van der Waals surface area contributed by atoms with Crippen molar-refractivity contribution < 1.29 is 22.7 Å². The number of carbonyl (C=O) groups is 1. The van der Waals surface area contributed by atoms with Gasteiger partial charge < -0.3 is 9.64 Å². The van der Waals surface area contributed by atoms with Gasteiger partial charge in [-0.3, -0.25) is 4.79 Å². The summed E-state index contributed by atoms with van der Waals surface area (Å²) in [5.74, 6) is -0.218. The lowest BCUT2D eigenvalue weighted by Gasteiger charge is -2.32. The van der Waals surface area contributed by atoms with Crippen LogP contribution < -0.4 is 0 Å². The van der Waals surface area contributed by atoms with Crippen LogP contribution in [0.15, 0.2) is 22.7 Å². The summed E-state index contributed by atoms with van der Waals surface area (Å²) < 4.78 is 43.8. The second-order valence-electron chi connectivity index (χ2n) is 4.59. The molecule has 0 saturated carbocycles. The molecule has 0 spiro atoms. The minimum atomic E-state index is -4.52. The molecule has 0 aromatic heterocycles. The van der Waals surface area contributed by atoms with Crippen LogP contribution in [0.5, 0.6) is 0 Å². The van der Waals surface area contributed by atoms with Gasteiger partial charge in [0.15, 0.2) is 0 Å². The van der Waals surface area contributed by atoms with E-state index in [0.717, 1.165) is 6.07 Å². The first-order chi connectivity index (χ1) is 9.82. The third-order valence-electron chi connectivity index (χ3n) is 3.12. The van der Waals surface area contributed by atoms with Gasteiger partial charge in [0.05, 0.1) is 24.2 Å². The van der Waals surface area contributed by atoms with Crippen LogP contribution in [0, 0.1) is 0 Å². The molecule has 1 aliphatic heterocycles. The van der Waals surface area contributed by atoms with Gasteiger partial charge in [-0.1, -0.05) is 15.9 Å². The van der Waals surface area contributed by atoms with E-state index in [2.05, 4.69) is 15.9 Å². The molecule has 3 nitrogen and oxygen atoms in total. The topological polar surface area (TPSA) is 29.5 Å². The van der Waals surface area contributed by atoms with Crippen molar-refractivity contribution in [3.8, 4) is 0 Å². The third kappa shape index (κ3) is 3.90. The molecule has 8 heteroatoms. The van der Waals surface area contributed by atoms with Crippen LogP contribution >= 0.6 is 27.5 Å². The molecule has 116 valence electrons. The Morgan fingerprint density at radius 3 is 2.81 bits per heavy atom. The summed E-state index contributed by atoms with van der Waals surface area (Å²) in [7, 11) is 0. The molecule has 1 aliphatic rings. The van der Waals surface area contributed by atoms with Gasteiger partial charge in [0.25, 0.3) is 5.91 Å². The van der Waals surface area contributed by atoms with Crippen LogP contribution in [0.4, 0.5) is 13.2 Å². The van der Waals surface area contributed by atoms with Gasteiger partial charge in [-0.2, -0.15) is 13.2 Å². The maximum Gasteiger partial charge on any atom is 0.417 e. The van der Waals surface area contributed by atoms with Crippen LogP contribution in [-0.4, -0.2) is 42.5 Å². The van der Waals surface area contributed by atoms with Crippen molar-refractivity contribution >= 4 is 33.4 Å². The summed E-state index contributed by atoms with van der Waals surface area (Å²) in [6, 6.07) is 3.46. The molecule has 1 saturated heterocycles. The number of carbonyl (C=O) groups excluding carboxylic acids is 1. The maximum atomic E-state index is 12.9. The summed E-state index contributed by atoms with van der Waals surface area (Å²) in [5, 5.41) is 0. The molecule has 1 atom stereocenters. The first-order valence-electron chi connectivity index (χ1n) is 6.16. The molecule has 1 fully saturated rings. The van der Waals surface area contributed by atoms with Crippen molar-refractivity contribution in [3.05, 3.63) is 33.8 Å². The Bertz CT molecular complexity index is 539. The van der Waals surface area contributed by atoms with E-state index in [1.54, 1.807) is 0 Å². The van der Waals surface area contributed by atoms with E-state index in [1.807, 2.05) is 0 Å². The predicted molar refractivity (Wildman–Crippen MR) is 75.5 cm³/mol. The Hall–Kier alpha value is -0.790. The average molecular weight is 387 g/mol. The average Bonchev–Trinajstić information content (AvgIpc) is 2.46. The van der Waals surface area contributed by atoms with Crippen molar-refractivity contribution in [2.45, 2.75) is 12.3 Å². The summed E-state index contributed by atoms with van der Waals surface area (Å²) >= 11 is 8.53. The molecule has 0 aliphatic carbocycles. The standard InChI is InChI=1S/C13H12BrClF3NO2/c14-11-2-1-8(5-10(11)13(16,17)18)12(20)19-3-4-21-9(6-15)7-19/h1-2,5,9H,3-4,6-7H2. The number of halogens is 5. The monoisotopic (exact) mass is 385 g/mol. The van der Waals surface area contributed by atoms with Crippen LogP contribution in [0.3, 0.4) is 0 Å². The van der Waals surface area contributed by atoms with E-state index in [-0.39, 0.29) is 28.6 Å². The molecule has 1 unspecified atom stereocenters. The van der Waals surface area contributed by atoms with Gasteiger partial charge in [-0.25, -0.2) is 0 Å². The Labute approximate surface area is 133 Å². The lowest BCUT2D eigenvalue weighted by atomic mass is 10.1. The van der Waals surface area contributed by atoms with Crippen molar-refractivity contribution in [3.63, 3.8) is 0 Å². The van der Waals surface area contributed by atoms with Crippen LogP contribution in [0.2, 0.25) is 0 Å². The molecule has 21 heavy (non-hydrogen) atoms. The lowest BCUT2D eigenvalue weighted by molar-refractivity contribution is -0.138. The number of amides is 1. The smallest absolute Gasteiger partial charge is 0.373 e. The summed E-state index contributed by atoms with van der Waals surface area (Å²) in [4.78, 5) is 13.8. The van der Waals surface area contributed by atoms with Gasteiger partial charge in [0.1, 0.15) is 0 Å². The van der Waals surface area contributed by atoms with Crippen LogP contribution in [0.1, 0.15) is 15.9 Å². The quantitative estimate of drug-likeness (QED) is 0.728. The SMILES string of the molecule is O=C(c1ccc(Br)c(C(F)(F)F)c1)N1CCOC(CCl)C1. The number of ether oxygens (including phenoxy) is 1. The Kier molecular flexibility index (Phi) is 5.16. The van der Waals surface area contributed by atoms with E-state index < -0.39 is 17.6 Å². The van der Waals surface area contributed by atoms with Gasteiger partial charge in [-0.15, -0.1) is 11.6 Å². The minimum Gasteiger partial charge on any atom is -0.373 e. The largest absolute Gasteiger partial charge is 0.417 e. The minimum absolute atomic E-state index is 0.000692. The van der Waals surface area contributed by atoms with Crippen molar-refractivity contribution in [2.75, 3.05) is 25.6 Å². The summed E-state index contributed by atoms with van der Waals surface area (Å²) in [5.41, 5.74) is -0.865. The maximum absolute atomic E-state index is 12.9. The second kappa shape index (κ2) is 6.54. The Balaban J connectivity index is 2.23. The number of rotatable bonds is 2. The molecular weight excluding hydrogens is 374 g/mol. The van der Waals surface area contributed by atoms with E-state index in [4.69, 9.17) is 16.3 Å². The van der Waals surface area contributed by atoms with E-state index in [1.165, 1.54) is 17.0 Å². The molecule has 0 N–H and O–H groups in total. The van der Waals surface area contributed by atoms with Gasteiger partial charge in [0, 0.05) is 23.1 Å². The highest BCUT2D eigenvalue weighted by Gasteiger charge is 2.34. The Morgan fingerprint density at radius 1 is 1.48 bits per heavy atom. The zero-order chi connectivity index (χ0) is 15.6. The second-order valence-corrected chi connectivity index (χ2v) is 5.75. The summed E-state index contributed by atoms with van der Waals surface area (Å²) in [6.45, 7) is 0.940. The Morgan fingerprint density at radius 2 is 2.19 bits per heavy atom. The molecular formula is C13H12BrClF3NO2. The van der Waals surface area contributed by atoms with Crippen molar-refractivity contribution in [1.29, 1.82) is 0 Å². The molecule has 1 aromatic rings. The number of morpholine rings is 1. The number of alkyl halides is 4. The number of benzene rings is 1. The van der Waals surface area contributed by atoms with E-state index in [9.17, 15) is 18.0 Å². The lowest BCUT2D eigenvalue weighted by Crippen LogP contribution is -2.46. The van der Waals surface area contributed by atoms with E-state index >= 15 is 0 Å². The fraction of sp³-hybridized carbons (Fsp3) is 0.462. The zero-order valence-corrected chi connectivity index (χ0v) is 13.1. The first kappa shape index (κ1) is 16.6.